The summed E-state index contributed by atoms with van der Waals surface area (Å²) in [6.07, 6.45) is 0. The van der Waals surface area contributed by atoms with Gasteiger partial charge in [0.1, 0.15) is 17.2 Å². The monoisotopic (exact) mass is 286 g/mol. The number of hydrogen-bond acceptors (Lipinski definition) is 4. The molecule has 0 atom stereocenters. The van der Waals surface area contributed by atoms with Crippen LogP contribution in [0.1, 0.15) is 17.3 Å². The van der Waals surface area contributed by atoms with Crippen molar-refractivity contribution in [2.24, 2.45) is 0 Å². The maximum absolute atomic E-state index is 12.0. The molecule has 0 aromatic heterocycles. The lowest BCUT2D eigenvalue weighted by atomic mass is 10.1. The van der Waals surface area contributed by atoms with E-state index in [1.54, 1.807) is 37.4 Å². The van der Waals surface area contributed by atoms with Crippen LogP contribution in [0.2, 0.25) is 0 Å². The number of rotatable bonds is 5. The SMILES string of the molecule is CCNC(=O)c1ccc(N)cc1Oc1cccc(OC)c1. The van der Waals surface area contributed by atoms with Crippen LogP contribution in [-0.4, -0.2) is 19.6 Å². The second kappa shape index (κ2) is 6.65. The van der Waals surface area contributed by atoms with Crippen LogP contribution in [0.25, 0.3) is 0 Å². The van der Waals surface area contributed by atoms with Gasteiger partial charge in [-0.05, 0) is 31.2 Å². The van der Waals surface area contributed by atoms with Crippen LogP contribution in [0, 0.1) is 0 Å². The summed E-state index contributed by atoms with van der Waals surface area (Å²) in [7, 11) is 1.58. The number of carbonyl (C=O) groups excluding carboxylic acids is 1. The minimum Gasteiger partial charge on any atom is -0.497 e. The van der Waals surface area contributed by atoms with Crippen molar-refractivity contribution in [3.63, 3.8) is 0 Å². The zero-order valence-corrected chi connectivity index (χ0v) is 12.1. The first-order valence-electron chi connectivity index (χ1n) is 6.63. The molecule has 0 unspecified atom stereocenters. The van der Waals surface area contributed by atoms with Crippen LogP contribution in [0.5, 0.6) is 17.2 Å². The molecule has 1 amide bonds. The lowest BCUT2D eigenvalue weighted by Gasteiger charge is -2.12. The quantitative estimate of drug-likeness (QED) is 0.829. The number of amides is 1. The molecule has 3 N–H and O–H groups in total. The van der Waals surface area contributed by atoms with Gasteiger partial charge in [0.15, 0.2) is 0 Å². The van der Waals surface area contributed by atoms with Crippen LogP contribution in [0.15, 0.2) is 42.5 Å². The molecule has 0 fully saturated rings. The summed E-state index contributed by atoms with van der Waals surface area (Å²) in [4.78, 5) is 12.0. The van der Waals surface area contributed by atoms with Gasteiger partial charge in [0, 0.05) is 24.4 Å². The van der Waals surface area contributed by atoms with Gasteiger partial charge >= 0.3 is 0 Å². The minimum atomic E-state index is -0.199. The van der Waals surface area contributed by atoms with Crippen LogP contribution in [0.4, 0.5) is 5.69 Å². The number of nitrogens with one attached hydrogen (secondary N) is 1. The number of benzene rings is 2. The van der Waals surface area contributed by atoms with Gasteiger partial charge in [-0.3, -0.25) is 4.79 Å². The van der Waals surface area contributed by atoms with Gasteiger partial charge in [-0.2, -0.15) is 0 Å². The molecule has 0 saturated heterocycles. The van der Waals surface area contributed by atoms with Gasteiger partial charge in [-0.25, -0.2) is 0 Å². The summed E-state index contributed by atoms with van der Waals surface area (Å²) in [6.45, 7) is 2.40. The van der Waals surface area contributed by atoms with E-state index in [1.165, 1.54) is 0 Å². The van der Waals surface area contributed by atoms with Crippen molar-refractivity contribution in [1.29, 1.82) is 0 Å². The highest BCUT2D eigenvalue weighted by Gasteiger charge is 2.13. The van der Waals surface area contributed by atoms with Gasteiger partial charge in [-0.15, -0.1) is 0 Å². The van der Waals surface area contributed by atoms with Crippen molar-refractivity contribution in [3.05, 3.63) is 48.0 Å². The Hall–Kier alpha value is -2.69. The maximum Gasteiger partial charge on any atom is 0.255 e. The summed E-state index contributed by atoms with van der Waals surface area (Å²) in [6, 6.07) is 12.1. The molecule has 2 aromatic carbocycles. The van der Waals surface area contributed by atoms with Gasteiger partial charge < -0.3 is 20.5 Å². The number of methoxy groups -OCH3 is 1. The largest absolute Gasteiger partial charge is 0.497 e. The minimum absolute atomic E-state index is 0.199. The molecule has 2 rings (SSSR count). The van der Waals surface area contributed by atoms with Gasteiger partial charge in [0.05, 0.1) is 12.7 Å². The van der Waals surface area contributed by atoms with E-state index in [1.807, 2.05) is 19.1 Å². The van der Waals surface area contributed by atoms with E-state index in [9.17, 15) is 4.79 Å². The molecular weight excluding hydrogens is 268 g/mol. The Bertz CT molecular complexity index is 641. The smallest absolute Gasteiger partial charge is 0.255 e. The van der Waals surface area contributed by atoms with E-state index in [0.717, 1.165) is 0 Å². The first-order chi connectivity index (χ1) is 10.1. The van der Waals surface area contributed by atoms with Gasteiger partial charge in [0.25, 0.3) is 5.91 Å². The highest BCUT2D eigenvalue weighted by Crippen LogP contribution is 2.29. The molecule has 0 radical (unpaired) electrons. The molecule has 0 saturated carbocycles. The molecule has 0 aliphatic heterocycles. The Balaban J connectivity index is 2.33. The Kier molecular flexibility index (Phi) is 4.66. The predicted octanol–water partition coefficient (Wildman–Crippen LogP) is 2.82. The summed E-state index contributed by atoms with van der Waals surface area (Å²) >= 11 is 0. The van der Waals surface area contributed by atoms with Crippen LogP contribution >= 0.6 is 0 Å². The lowest BCUT2D eigenvalue weighted by Crippen LogP contribution is -2.23. The third-order valence-corrected chi connectivity index (χ3v) is 2.86. The second-order valence-corrected chi connectivity index (χ2v) is 4.40. The number of carbonyl (C=O) groups is 1. The summed E-state index contributed by atoms with van der Waals surface area (Å²) in [5, 5.41) is 2.75. The summed E-state index contributed by atoms with van der Waals surface area (Å²) in [5.41, 5.74) is 6.74. The van der Waals surface area contributed by atoms with E-state index in [-0.39, 0.29) is 5.91 Å². The average Bonchev–Trinajstić information content (AvgIpc) is 2.48. The molecule has 0 aliphatic carbocycles. The Labute approximate surface area is 123 Å². The molecule has 0 spiro atoms. The molecule has 5 nitrogen and oxygen atoms in total. The number of ether oxygens (including phenoxy) is 2. The molecule has 110 valence electrons. The van der Waals surface area contributed by atoms with Crippen LogP contribution < -0.4 is 20.5 Å². The maximum atomic E-state index is 12.0. The first kappa shape index (κ1) is 14.7. The number of anilines is 1. The number of nitrogens with two attached hydrogens (primary N) is 1. The Morgan fingerprint density at radius 2 is 1.95 bits per heavy atom. The third-order valence-electron chi connectivity index (χ3n) is 2.86. The van der Waals surface area contributed by atoms with Gasteiger partial charge in [0.2, 0.25) is 0 Å². The van der Waals surface area contributed by atoms with E-state index in [4.69, 9.17) is 15.2 Å². The van der Waals surface area contributed by atoms with Crippen LogP contribution in [0.3, 0.4) is 0 Å². The Morgan fingerprint density at radius 3 is 2.67 bits per heavy atom. The molecule has 21 heavy (non-hydrogen) atoms. The van der Waals surface area contributed by atoms with E-state index in [2.05, 4.69) is 5.32 Å². The van der Waals surface area contributed by atoms with E-state index < -0.39 is 0 Å². The zero-order valence-electron chi connectivity index (χ0n) is 12.1. The second-order valence-electron chi connectivity index (χ2n) is 4.40. The topological polar surface area (TPSA) is 73.6 Å². The third kappa shape index (κ3) is 3.66. The molecule has 2 aromatic rings. The highest BCUT2D eigenvalue weighted by molar-refractivity contribution is 5.97. The lowest BCUT2D eigenvalue weighted by molar-refractivity contribution is 0.0953. The normalized spacial score (nSPS) is 10.0. The van der Waals surface area contributed by atoms with Crippen LogP contribution in [-0.2, 0) is 0 Å². The van der Waals surface area contributed by atoms with Crippen molar-refractivity contribution in [1.82, 2.24) is 5.32 Å². The standard InChI is InChI=1S/C16H18N2O3/c1-3-18-16(19)14-8-7-11(17)9-15(14)21-13-6-4-5-12(10-13)20-2/h4-10H,3,17H2,1-2H3,(H,18,19). The average molecular weight is 286 g/mol. The molecule has 0 aliphatic rings. The number of nitrogen functional groups attached to an aromatic ring is 1. The summed E-state index contributed by atoms with van der Waals surface area (Å²) < 4.78 is 10.9. The highest BCUT2D eigenvalue weighted by atomic mass is 16.5. The fourth-order valence-corrected chi connectivity index (χ4v) is 1.86. The van der Waals surface area contributed by atoms with E-state index >= 15 is 0 Å². The molecule has 5 heteroatoms. The summed E-state index contributed by atoms with van der Waals surface area (Å²) in [5.74, 6) is 1.46. The fraction of sp³-hybridized carbons (Fsp3) is 0.188. The molecule has 0 bridgehead atoms. The molecular formula is C16H18N2O3. The van der Waals surface area contributed by atoms with Crippen molar-refractivity contribution in [2.45, 2.75) is 6.92 Å². The Morgan fingerprint density at radius 1 is 1.19 bits per heavy atom. The first-order valence-corrected chi connectivity index (χ1v) is 6.63. The van der Waals surface area contributed by atoms with E-state index in [0.29, 0.717) is 35.0 Å². The van der Waals surface area contributed by atoms with Gasteiger partial charge in [-0.1, -0.05) is 6.07 Å². The van der Waals surface area contributed by atoms with Crippen molar-refractivity contribution >= 4 is 11.6 Å². The predicted molar refractivity (Wildman–Crippen MR) is 81.9 cm³/mol. The van der Waals surface area contributed by atoms with Crippen molar-refractivity contribution in [3.8, 4) is 17.2 Å². The zero-order chi connectivity index (χ0) is 15.2. The fourth-order valence-electron chi connectivity index (χ4n) is 1.86. The molecule has 0 heterocycles. The number of hydrogen-bond donors (Lipinski definition) is 2. The van der Waals surface area contributed by atoms with Crippen molar-refractivity contribution in [2.75, 3.05) is 19.4 Å². The van der Waals surface area contributed by atoms with Crippen molar-refractivity contribution < 1.29 is 14.3 Å².